The highest BCUT2D eigenvalue weighted by molar-refractivity contribution is 6.05. The Balaban J connectivity index is 0.752. The number of aryl methyl sites for hydroxylation is 3. The van der Waals surface area contributed by atoms with E-state index in [1.807, 2.05) is 29.1 Å². The van der Waals surface area contributed by atoms with Gasteiger partial charge in [0.1, 0.15) is 23.1 Å². The molecule has 0 spiro atoms. The minimum atomic E-state index is -0.870. The molecule has 1 fully saturated rings. The fourth-order valence-electron chi connectivity index (χ4n) is 9.70. The fraction of sp³-hybridized carbons (Fsp3) is 0.426. The second-order valence-electron chi connectivity index (χ2n) is 18.8. The summed E-state index contributed by atoms with van der Waals surface area (Å²) in [6.07, 6.45) is 16.3. The zero-order valence-electron chi connectivity index (χ0n) is 40.6. The molecule has 3 aromatic heterocycles. The Kier molecular flexibility index (Phi) is 16.5. The molecule has 0 radical (unpaired) electrons. The van der Waals surface area contributed by atoms with Gasteiger partial charge in [-0.3, -0.25) is 29.3 Å². The topological polar surface area (TPSA) is 183 Å². The molecule has 17 heteroatoms. The Morgan fingerprint density at radius 3 is 2.51 bits per heavy atom. The monoisotopic (exact) mass is 972 g/mol. The van der Waals surface area contributed by atoms with E-state index in [9.17, 15) is 32.8 Å². The Bertz CT molecular complexity index is 2950. The van der Waals surface area contributed by atoms with E-state index in [-0.39, 0.29) is 53.7 Å². The van der Waals surface area contributed by atoms with Crippen LogP contribution < -0.4 is 20.9 Å². The van der Waals surface area contributed by atoms with Crippen molar-refractivity contribution in [1.29, 1.82) is 0 Å². The quantitative estimate of drug-likeness (QED) is 0.0393. The lowest BCUT2D eigenvalue weighted by atomic mass is 9.94. The molecule has 15 nitrogen and oxygen atoms in total. The van der Waals surface area contributed by atoms with Gasteiger partial charge in [-0.1, -0.05) is 63.3 Å². The maximum Gasteiger partial charge on any atom is 0.274 e. The molecule has 3 N–H and O–H groups in total. The van der Waals surface area contributed by atoms with Crippen molar-refractivity contribution in [3.63, 3.8) is 0 Å². The van der Waals surface area contributed by atoms with E-state index in [0.717, 1.165) is 86.7 Å². The van der Waals surface area contributed by atoms with E-state index in [0.29, 0.717) is 78.2 Å². The number of benzene rings is 3. The molecule has 1 saturated heterocycles. The zero-order valence-corrected chi connectivity index (χ0v) is 40.6. The first-order chi connectivity index (χ1) is 34.4. The van der Waals surface area contributed by atoms with Crippen molar-refractivity contribution in [3.8, 4) is 22.6 Å². The first-order valence-electron chi connectivity index (χ1n) is 24.9. The Morgan fingerprint density at radius 2 is 1.69 bits per heavy atom. The van der Waals surface area contributed by atoms with Gasteiger partial charge in [-0.2, -0.15) is 0 Å². The molecule has 4 amide bonds. The summed E-state index contributed by atoms with van der Waals surface area (Å²) in [6, 6.07) is 15.1. The molecular formula is C54H62F2N8O7. The highest BCUT2D eigenvalue weighted by Crippen LogP contribution is 2.39. The molecule has 2 aliphatic heterocycles. The van der Waals surface area contributed by atoms with Crippen molar-refractivity contribution < 1.29 is 37.4 Å². The Labute approximate surface area is 411 Å². The summed E-state index contributed by atoms with van der Waals surface area (Å²) in [5, 5.41) is 14.9. The molecular weight excluding hydrogens is 911 g/mol. The summed E-state index contributed by atoms with van der Waals surface area (Å²) < 4.78 is 43.8. The lowest BCUT2D eigenvalue weighted by Gasteiger charge is -2.29. The van der Waals surface area contributed by atoms with Crippen LogP contribution in [0, 0.1) is 17.6 Å². The number of fused-ring (bicyclic) bond motifs is 2. The van der Waals surface area contributed by atoms with Gasteiger partial charge < -0.3 is 29.2 Å². The number of carbonyl (C=O) groups is 4. The molecule has 0 saturated carbocycles. The highest BCUT2D eigenvalue weighted by atomic mass is 19.1. The number of anilines is 1. The predicted molar refractivity (Wildman–Crippen MR) is 265 cm³/mol. The van der Waals surface area contributed by atoms with Crippen molar-refractivity contribution in [2.75, 3.05) is 18.5 Å². The molecule has 0 bridgehead atoms. The van der Waals surface area contributed by atoms with Gasteiger partial charge >= 0.3 is 0 Å². The van der Waals surface area contributed by atoms with Crippen LogP contribution >= 0.6 is 0 Å². The number of nitrogens with zero attached hydrogens (tertiary/aromatic N) is 5. The van der Waals surface area contributed by atoms with Gasteiger partial charge in [-0.15, -0.1) is 5.10 Å². The summed E-state index contributed by atoms with van der Waals surface area (Å²) in [6.45, 7) is 6.16. The van der Waals surface area contributed by atoms with E-state index in [1.54, 1.807) is 48.6 Å². The van der Waals surface area contributed by atoms with Gasteiger partial charge in [0.2, 0.25) is 17.7 Å². The molecule has 3 unspecified atom stereocenters. The van der Waals surface area contributed by atoms with Gasteiger partial charge in [0.05, 0.1) is 11.7 Å². The lowest BCUT2D eigenvalue weighted by Crippen LogP contribution is -2.52. The van der Waals surface area contributed by atoms with Crippen molar-refractivity contribution in [2.24, 2.45) is 13.0 Å². The average Bonchev–Trinajstić information content (AvgIpc) is 4.12. The van der Waals surface area contributed by atoms with Crippen LogP contribution in [0.1, 0.15) is 124 Å². The summed E-state index contributed by atoms with van der Waals surface area (Å²) in [7, 11) is 1.63. The van der Waals surface area contributed by atoms with Gasteiger partial charge in [0.25, 0.3) is 11.5 Å². The fourth-order valence-corrected chi connectivity index (χ4v) is 9.70. The van der Waals surface area contributed by atoms with E-state index >= 15 is 0 Å². The number of halogens is 2. The molecule has 8 rings (SSSR count). The van der Waals surface area contributed by atoms with Crippen molar-refractivity contribution >= 4 is 40.2 Å². The van der Waals surface area contributed by atoms with E-state index < -0.39 is 23.6 Å². The van der Waals surface area contributed by atoms with Crippen LogP contribution in [0.25, 0.3) is 22.0 Å². The minimum Gasteiger partial charge on any atom is -0.454 e. The maximum absolute atomic E-state index is 14.7. The third-order valence-corrected chi connectivity index (χ3v) is 13.8. The van der Waals surface area contributed by atoms with Crippen molar-refractivity contribution in [2.45, 2.75) is 122 Å². The second kappa shape index (κ2) is 23.3. The molecule has 0 aliphatic carbocycles. The number of carbonyl (C=O) groups excluding carboxylic acids is 4. The number of pyridine rings is 1. The number of amides is 4. The lowest BCUT2D eigenvalue weighted by molar-refractivity contribution is -0.137. The third-order valence-electron chi connectivity index (χ3n) is 13.8. The van der Waals surface area contributed by atoms with Crippen molar-refractivity contribution in [3.05, 3.63) is 124 Å². The number of H-pyrrole nitrogens is 1. The number of aromatic nitrogens is 5. The van der Waals surface area contributed by atoms with E-state index in [2.05, 4.69) is 39.8 Å². The highest BCUT2D eigenvalue weighted by Gasteiger charge is 2.39. The summed E-state index contributed by atoms with van der Waals surface area (Å²) in [5.41, 5.74) is 5.27. The summed E-state index contributed by atoms with van der Waals surface area (Å²) >= 11 is 0. The Morgan fingerprint density at radius 1 is 0.887 bits per heavy atom. The molecule has 71 heavy (non-hydrogen) atoms. The molecule has 3 aromatic carbocycles. The second-order valence-corrected chi connectivity index (χ2v) is 18.8. The number of imide groups is 1. The normalized spacial score (nSPS) is 15.5. The average molecular weight is 973 g/mol. The molecule has 3 atom stereocenters. The number of aromatic amines is 1. The maximum atomic E-state index is 14.7. The van der Waals surface area contributed by atoms with Crippen LogP contribution in [0.5, 0.6) is 11.5 Å². The SMILES string of the molecule is CCC(C)C(CCCCCCCOCCCc1cccc2c1CN(C1CCC(=O)NC1=O)C2=O)n1cc(CCCC(=O)Nc2ccc(Oc3ccc(F)cc3F)c(-c3cn(C)c(=O)c4[nH]ccc34)c2)nn1. The van der Waals surface area contributed by atoms with Crippen LogP contribution in [-0.2, 0) is 45.6 Å². The first kappa shape index (κ1) is 50.4. The molecule has 6 aromatic rings. The van der Waals surface area contributed by atoms with Crippen LogP contribution in [0.4, 0.5) is 14.5 Å². The van der Waals surface area contributed by atoms with Gasteiger partial charge in [0.15, 0.2) is 11.6 Å². The zero-order chi connectivity index (χ0) is 50.0. The number of hydrogen-bond acceptors (Lipinski definition) is 9. The molecule has 5 heterocycles. The molecule has 2 aliphatic rings. The largest absolute Gasteiger partial charge is 0.454 e. The smallest absolute Gasteiger partial charge is 0.274 e. The van der Waals surface area contributed by atoms with Crippen LogP contribution in [0.3, 0.4) is 0 Å². The van der Waals surface area contributed by atoms with Crippen molar-refractivity contribution in [1.82, 2.24) is 34.8 Å². The number of piperidine rings is 1. The van der Waals surface area contributed by atoms with Gasteiger partial charge in [0, 0.05) is 92.1 Å². The van der Waals surface area contributed by atoms with E-state index in [4.69, 9.17) is 9.47 Å². The van der Waals surface area contributed by atoms with Gasteiger partial charge in [-0.05, 0) is 104 Å². The number of nitrogens with one attached hydrogen (secondary N) is 3. The van der Waals surface area contributed by atoms with Crippen LogP contribution in [0.2, 0.25) is 0 Å². The summed E-state index contributed by atoms with van der Waals surface area (Å²) in [4.78, 5) is 68.0. The van der Waals surface area contributed by atoms with Crippen LogP contribution in [-0.4, -0.2) is 72.3 Å². The number of unbranched alkanes of at least 4 members (excludes halogenated alkanes) is 4. The number of rotatable bonds is 24. The number of hydrogen-bond donors (Lipinski definition) is 3. The minimum absolute atomic E-state index is 0.152. The Hall–Kier alpha value is -7.01. The van der Waals surface area contributed by atoms with Crippen LogP contribution in [0.15, 0.2) is 84.0 Å². The van der Waals surface area contributed by atoms with Gasteiger partial charge in [-0.25, -0.2) is 13.5 Å². The molecule has 374 valence electrons. The summed E-state index contributed by atoms with van der Waals surface area (Å²) in [5.74, 6) is -2.17. The van der Waals surface area contributed by atoms with E-state index in [1.165, 1.54) is 10.6 Å². The predicted octanol–water partition coefficient (Wildman–Crippen LogP) is 9.50. The standard InChI is InChI=1S/C54H62F2N8O7/c1-4-34(2)45(17-8-6-5-7-9-27-70-28-12-14-35-13-10-16-40-42(35)33-63(53(40)68)46-21-24-50(66)59-52(46)67)64-31-38(60-61-64)15-11-18-49(65)58-37-20-23-47(71-48-22-19-36(55)29-44(48)56)41(30-37)43-32-62(3)54(69)51-39(43)25-26-57-51/h10,13,16,19-20,22-23,25-26,29-32,34,45-46,57H,4-9,11-12,14-15,17-18,21,24,27-28,33H2,1-3H3,(H,58,65)(H,59,66,67). The third kappa shape index (κ3) is 12.1. The number of ether oxygens (including phenoxy) is 2. The first-order valence-corrected chi connectivity index (χ1v) is 24.9.